The highest BCUT2D eigenvalue weighted by atomic mass is 16.4. The van der Waals surface area contributed by atoms with E-state index in [1.54, 1.807) is 24.3 Å². The Morgan fingerprint density at radius 3 is 2.36 bits per heavy atom. The summed E-state index contributed by atoms with van der Waals surface area (Å²) in [5, 5.41) is 24.1. The summed E-state index contributed by atoms with van der Waals surface area (Å²) in [5.74, 6) is -0.934. The van der Waals surface area contributed by atoms with E-state index in [0.717, 1.165) is 24.1 Å². The quantitative estimate of drug-likeness (QED) is 0.632. The Morgan fingerprint density at radius 1 is 1.14 bits per heavy atom. The Labute approximate surface area is 128 Å². The molecule has 0 aliphatic rings. The van der Waals surface area contributed by atoms with Gasteiger partial charge >= 0.3 is 0 Å². The van der Waals surface area contributed by atoms with Gasteiger partial charge in [0, 0.05) is 5.71 Å². The van der Waals surface area contributed by atoms with E-state index in [-0.39, 0.29) is 11.3 Å². The van der Waals surface area contributed by atoms with E-state index in [1.807, 2.05) is 19.1 Å². The van der Waals surface area contributed by atoms with E-state index in [0.29, 0.717) is 5.69 Å². The molecule has 114 valence electrons. The van der Waals surface area contributed by atoms with Crippen LogP contribution in [0.3, 0.4) is 0 Å². The molecule has 0 aromatic heterocycles. The third kappa shape index (κ3) is 4.63. The van der Waals surface area contributed by atoms with Crippen molar-refractivity contribution in [3.05, 3.63) is 59.7 Å². The molecule has 0 saturated heterocycles. The van der Waals surface area contributed by atoms with Gasteiger partial charge in [-0.05, 0) is 55.2 Å². The first-order valence-corrected chi connectivity index (χ1v) is 6.93. The molecule has 0 aliphatic carbocycles. The van der Waals surface area contributed by atoms with Crippen molar-refractivity contribution < 1.29 is 15.0 Å². The highest BCUT2D eigenvalue weighted by Crippen LogP contribution is 2.12. The standard InChI is InChI=1S/C17H18N2O3/c1-12(2-3-13-4-10-16(20)11-5-13)18-19-15-8-6-14(7-9-15)17(21)22/h4-11,19-20H,2-3H2,1H3,(H,21,22)/p-1/b18-12-. The lowest BCUT2D eigenvalue weighted by atomic mass is 10.1. The van der Waals surface area contributed by atoms with Gasteiger partial charge in [0.25, 0.3) is 0 Å². The predicted molar refractivity (Wildman–Crippen MR) is 83.9 cm³/mol. The first-order chi connectivity index (χ1) is 10.5. The molecule has 2 rings (SSSR count). The first-order valence-electron chi connectivity index (χ1n) is 6.93. The molecule has 0 bridgehead atoms. The molecule has 22 heavy (non-hydrogen) atoms. The zero-order chi connectivity index (χ0) is 15.9. The second-order valence-electron chi connectivity index (χ2n) is 4.99. The van der Waals surface area contributed by atoms with Gasteiger partial charge in [0.15, 0.2) is 0 Å². The lowest BCUT2D eigenvalue weighted by Gasteiger charge is -2.06. The van der Waals surface area contributed by atoms with Crippen molar-refractivity contribution in [1.29, 1.82) is 0 Å². The molecular formula is C17H17N2O3-. The monoisotopic (exact) mass is 297 g/mol. The van der Waals surface area contributed by atoms with E-state index in [9.17, 15) is 15.0 Å². The number of carboxylic acids is 1. The van der Waals surface area contributed by atoms with Crippen LogP contribution < -0.4 is 10.5 Å². The highest BCUT2D eigenvalue weighted by molar-refractivity contribution is 5.86. The molecule has 5 heteroatoms. The van der Waals surface area contributed by atoms with Crippen LogP contribution in [0.1, 0.15) is 29.3 Å². The number of phenols is 1. The minimum atomic E-state index is -1.19. The smallest absolute Gasteiger partial charge is 0.115 e. The Hall–Kier alpha value is -2.82. The van der Waals surface area contributed by atoms with Crippen LogP contribution in [0.25, 0.3) is 0 Å². The van der Waals surface area contributed by atoms with Gasteiger partial charge in [0.1, 0.15) is 5.75 Å². The van der Waals surface area contributed by atoms with E-state index in [2.05, 4.69) is 10.5 Å². The molecule has 0 saturated carbocycles. The summed E-state index contributed by atoms with van der Waals surface area (Å²) in [6.07, 6.45) is 1.62. The maximum absolute atomic E-state index is 10.6. The van der Waals surface area contributed by atoms with E-state index in [1.165, 1.54) is 12.1 Å². The summed E-state index contributed by atoms with van der Waals surface area (Å²) in [5.41, 5.74) is 5.80. The lowest BCUT2D eigenvalue weighted by Crippen LogP contribution is -2.21. The van der Waals surface area contributed by atoms with Crippen molar-refractivity contribution in [2.24, 2.45) is 5.10 Å². The van der Waals surface area contributed by atoms with Crippen LogP contribution in [0.2, 0.25) is 0 Å². The summed E-state index contributed by atoms with van der Waals surface area (Å²) >= 11 is 0. The van der Waals surface area contributed by atoms with Crippen LogP contribution in [0, 0.1) is 0 Å². The topological polar surface area (TPSA) is 84.8 Å². The number of hydrazone groups is 1. The molecule has 0 fully saturated rings. The van der Waals surface area contributed by atoms with Gasteiger partial charge < -0.3 is 15.0 Å². The maximum atomic E-state index is 10.6. The molecule has 2 aromatic rings. The number of aromatic carboxylic acids is 1. The van der Waals surface area contributed by atoms with Crippen molar-refractivity contribution in [2.45, 2.75) is 19.8 Å². The van der Waals surface area contributed by atoms with Crippen LogP contribution in [0.5, 0.6) is 5.75 Å². The van der Waals surface area contributed by atoms with E-state index in [4.69, 9.17) is 0 Å². The molecule has 5 nitrogen and oxygen atoms in total. The number of anilines is 1. The molecule has 2 N–H and O–H groups in total. The number of aryl methyl sites for hydroxylation is 1. The molecule has 0 aliphatic heterocycles. The number of nitrogens with one attached hydrogen (secondary N) is 1. The molecule has 0 unspecified atom stereocenters. The second-order valence-corrected chi connectivity index (χ2v) is 4.99. The molecule has 0 radical (unpaired) electrons. The summed E-state index contributed by atoms with van der Waals surface area (Å²) in [7, 11) is 0. The molecular weight excluding hydrogens is 280 g/mol. The number of rotatable bonds is 6. The van der Waals surface area contributed by atoms with Crippen molar-refractivity contribution >= 4 is 17.4 Å². The van der Waals surface area contributed by atoms with Gasteiger partial charge in [-0.1, -0.05) is 24.3 Å². The molecule has 0 amide bonds. The van der Waals surface area contributed by atoms with Gasteiger partial charge in [-0.2, -0.15) is 5.10 Å². The number of hydrogen-bond donors (Lipinski definition) is 2. The average molecular weight is 297 g/mol. The third-order valence-electron chi connectivity index (χ3n) is 3.21. The van der Waals surface area contributed by atoms with E-state index < -0.39 is 5.97 Å². The number of hydrogen-bond acceptors (Lipinski definition) is 5. The predicted octanol–water partition coefficient (Wildman–Crippen LogP) is 2.18. The van der Waals surface area contributed by atoms with Gasteiger partial charge in [0.2, 0.25) is 0 Å². The number of nitrogens with zero attached hydrogens (tertiary/aromatic N) is 1. The van der Waals surface area contributed by atoms with Crippen molar-refractivity contribution in [1.82, 2.24) is 0 Å². The van der Waals surface area contributed by atoms with Gasteiger partial charge in [-0.15, -0.1) is 0 Å². The lowest BCUT2D eigenvalue weighted by molar-refractivity contribution is -0.255. The molecule has 0 heterocycles. The summed E-state index contributed by atoms with van der Waals surface area (Å²) < 4.78 is 0. The largest absolute Gasteiger partial charge is 0.545 e. The second kappa shape index (κ2) is 7.26. The number of phenolic OH excluding ortho intramolecular Hbond substituents is 1. The Balaban J connectivity index is 1.86. The van der Waals surface area contributed by atoms with Crippen molar-refractivity contribution in [3.8, 4) is 5.75 Å². The fourth-order valence-corrected chi connectivity index (χ4v) is 1.88. The third-order valence-corrected chi connectivity index (χ3v) is 3.21. The molecule has 0 spiro atoms. The fraction of sp³-hybridized carbons (Fsp3) is 0.176. The number of aromatic hydroxyl groups is 1. The minimum absolute atomic E-state index is 0.138. The van der Waals surface area contributed by atoms with Crippen molar-refractivity contribution in [3.63, 3.8) is 0 Å². The van der Waals surface area contributed by atoms with Crippen LogP contribution in [-0.4, -0.2) is 16.8 Å². The van der Waals surface area contributed by atoms with Crippen LogP contribution in [0.15, 0.2) is 53.6 Å². The SMILES string of the molecule is C/C(CCc1ccc(O)cc1)=N/Nc1ccc(C(=O)[O-])cc1. The maximum Gasteiger partial charge on any atom is 0.115 e. The average Bonchev–Trinajstić information content (AvgIpc) is 2.52. The Bertz CT molecular complexity index is 661. The summed E-state index contributed by atoms with van der Waals surface area (Å²) in [4.78, 5) is 10.6. The van der Waals surface area contributed by atoms with Crippen LogP contribution in [-0.2, 0) is 6.42 Å². The van der Waals surface area contributed by atoms with Gasteiger partial charge in [-0.25, -0.2) is 0 Å². The summed E-state index contributed by atoms with van der Waals surface area (Å²) in [6.45, 7) is 1.92. The Morgan fingerprint density at radius 2 is 1.77 bits per heavy atom. The fourth-order valence-electron chi connectivity index (χ4n) is 1.88. The van der Waals surface area contributed by atoms with Gasteiger partial charge in [-0.3, -0.25) is 5.43 Å². The van der Waals surface area contributed by atoms with E-state index >= 15 is 0 Å². The van der Waals surface area contributed by atoms with Crippen LogP contribution >= 0.6 is 0 Å². The zero-order valence-corrected chi connectivity index (χ0v) is 12.2. The number of benzene rings is 2. The van der Waals surface area contributed by atoms with Crippen LogP contribution in [0.4, 0.5) is 5.69 Å². The normalized spacial score (nSPS) is 11.2. The van der Waals surface area contributed by atoms with Crippen molar-refractivity contribution in [2.75, 3.05) is 5.43 Å². The zero-order valence-electron chi connectivity index (χ0n) is 12.2. The number of carbonyl (C=O) groups excluding carboxylic acids is 1. The first kappa shape index (κ1) is 15.6. The minimum Gasteiger partial charge on any atom is -0.545 e. The Kier molecular flexibility index (Phi) is 5.14. The molecule has 2 aromatic carbocycles. The van der Waals surface area contributed by atoms with Gasteiger partial charge in [0.05, 0.1) is 11.7 Å². The molecule has 0 atom stereocenters. The number of carbonyl (C=O) groups is 1. The summed E-state index contributed by atoms with van der Waals surface area (Å²) in [6, 6.07) is 13.3. The number of carboxylic acid groups (broad SMARTS) is 1. The highest BCUT2D eigenvalue weighted by Gasteiger charge is 1.98.